The lowest BCUT2D eigenvalue weighted by Gasteiger charge is -2.42. The number of amides is 1. The summed E-state index contributed by atoms with van der Waals surface area (Å²) in [6.07, 6.45) is 9.51. The molecule has 3 atom stereocenters. The highest BCUT2D eigenvalue weighted by Crippen LogP contribution is 2.40. The maximum absolute atomic E-state index is 13.2. The molecule has 2 aliphatic carbocycles. The third-order valence-electron chi connectivity index (χ3n) is 10.5. The number of carbonyl (C=O) groups excluding carboxylic acids is 1. The average molecular weight is 639 g/mol. The number of anilines is 1. The van der Waals surface area contributed by atoms with Gasteiger partial charge < -0.3 is 24.5 Å². The number of fused-ring (bicyclic) bond motifs is 2. The van der Waals surface area contributed by atoms with E-state index >= 15 is 0 Å². The van der Waals surface area contributed by atoms with Crippen LogP contribution in [0.25, 0.3) is 10.8 Å². The van der Waals surface area contributed by atoms with E-state index in [-0.39, 0.29) is 18.4 Å². The van der Waals surface area contributed by atoms with Gasteiger partial charge in [0.2, 0.25) is 5.91 Å². The minimum Gasteiger partial charge on any atom is -0.483 e. The van der Waals surface area contributed by atoms with Crippen molar-refractivity contribution in [1.29, 1.82) is 5.26 Å². The van der Waals surface area contributed by atoms with Gasteiger partial charge in [-0.2, -0.15) is 15.2 Å². The number of benzene rings is 2. The van der Waals surface area contributed by atoms with E-state index in [2.05, 4.69) is 65.4 Å². The number of likely N-dealkylation sites (N-methyl/N-ethyl adjacent to an activating group) is 1. The molecule has 10 nitrogen and oxygen atoms in total. The molecule has 1 N–H and O–H groups in total. The van der Waals surface area contributed by atoms with E-state index in [9.17, 15) is 10.1 Å². The molecule has 1 aromatic heterocycles. The fraction of sp³-hybridized carbons (Fsp3) is 0.541. The van der Waals surface area contributed by atoms with E-state index in [4.69, 9.17) is 24.6 Å². The van der Waals surface area contributed by atoms with Crippen LogP contribution in [0.1, 0.15) is 74.1 Å². The first kappa shape index (κ1) is 32.7. The molecule has 7 rings (SSSR count). The Morgan fingerprint density at radius 2 is 1.87 bits per heavy atom. The lowest BCUT2D eigenvalue weighted by atomic mass is 9.80. The van der Waals surface area contributed by atoms with E-state index in [1.54, 1.807) is 0 Å². The van der Waals surface area contributed by atoms with Gasteiger partial charge in [-0.05, 0) is 80.3 Å². The quantitative estimate of drug-likeness (QED) is 0.315. The van der Waals surface area contributed by atoms with E-state index in [1.807, 2.05) is 4.90 Å². The van der Waals surface area contributed by atoms with E-state index in [0.29, 0.717) is 57.1 Å². The Labute approximate surface area is 277 Å². The molecule has 2 aromatic carbocycles. The van der Waals surface area contributed by atoms with Gasteiger partial charge in [0.05, 0.1) is 24.2 Å². The fourth-order valence-corrected chi connectivity index (χ4v) is 7.67. The number of nitrogens with zero attached hydrogens (tertiary/aromatic N) is 6. The smallest absolute Gasteiger partial charge is 0.318 e. The van der Waals surface area contributed by atoms with Crippen molar-refractivity contribution >= 4 is 29.0 Å². The number of aromatic nitrogens is 2. The monoisotopic (exact) mass is 638 g/mol. The number of rotatable bonds is 9. The third-order valence-corrected chi connectivity index (χ3v) is 10.5. The summed E-state index contributed by atoms with van der Waals surface area (Å²) >= 11 is 0. The molecule has 1 saturated carbocycles. The molecule has 248 valence electrons. The maximum Gasteiger partial charge on any atom is 0.318 e. The minimum atomic E-state index is -0.250. The Hall–Kier alpha value is -4.23. The maximum atomic E-state index is 13.2. The number of piperazine rings is 1. The standard InChI is InChI=1S/C36H44N6O2.CH2O2/c1-40-19-5-8-29(40)24-44-36-38-33-22-27(31-10-4-7-26-6-2-3-9-30(26)31)14-15-32(33)35(39-36)41-20-21-42(28(23-41)17-18-37)34(43)16-13-25-11-12-25;2-1-3/h2-4,6-7,9-10,25,27-29H,5,8,11-17,19-24H2,1H3;1H,(H,2,3). The van der Waals surface area contributed by atoms with Gasteiger partial charge in [0.15, 0.2) is 0 Å². The molecule has 4 aliphatic rings. The molecule has 47 heavy (non-hydrogen) atoms. The van der Waals surface area contributed by atoms with E-state index in [0.717, 1.165) is 56.1 Å². The zero-order chi connectivity index (χ0) is 32.8. The van der Waals surface area contributed by atoms with Gasteiger partial charge in [-0.3, -0.25) is 9.59 Å². The molecule has 3 unspecified atom stereocenters. The molecule has 0 radical (unpaired) electrons. The second-order valence-electron chi connectivity index (χ2n) is 13.5. The van der Waals surface area contributed by atoms with Crippen molar-refractivity contribution in [3.63, 3.8) is 0 Å². The van der Waals surface area contributed by atoms with Gasteiger partial charge in [0, 0.05) is 37.7 Å². The predicted octanol–water partition coefficient (Wildman–Crippen LogP) is 5.20. The lowest BCUT2D eigenvalue weighted by Crippen LogP contribution is -2.55. The molecule has 2 aliphatic heterocycles. The summed E-state index contributed by atoms with van der Waals surface area (Å²) in [5.74, 6) is 2.23. The third kappa shape index (κ3) is 7.68. The Kier molecular flexibility index (Phi) is 10.5. The van der Waals surface area contributed by atoms with Crippen LogP contribution in [-0.2, 0) is 22.4 Å². The first-order chi connectivity index (χ1) is 23.0. The van der Waals surface area contributed by atoms with Crippen LogP contribution in [-0.4, -0.2) is 89.2 Å². The summed E-state index contributed by atoms with van der Waals surface area (Å²) in [5, 5.41) is 19.2. The topological polar surface area (TPSA) is 123 Å². The van der Waals surface area contributed by atoms with Gasteiger partial charge in [0.1, 0.15) is 12.4 Å². The van der Waals surface area contributed by atoms with Crippen LogP contribution < -0.4 is 9.64 Å². The molecule has 3 fully saturated rings. The summed E-state index contributed by atoms with van der Waals surface area (Å²) in [6, 6.07) is 18.4. The van der Waals surface area contributed by atoms with Crippen molar-refractivity contribution in [3.05, 3.63) is 59.3 Å². The normalized spacial score (nSPS) is 22.6. The zero-order valence-corrected chi connectivity index (χ0v) is 27.4. The van der Waals surface area contributed by atoms with E-state index < -0.39 is 0 Å². The molecule has 0 bridgehead atoms. The molecule has 3 aromatic rings. The summed E-state index contributed by atoms with van der Waals surface area (Å²) in [5.41, 5.74) is 3.67. The first-order valence-corrected chi connectivity index (χ1v) is 17.2. The number of carboxylic acid groups (broad SMARTS) is 1. The Morgan fingerprint density at radius 1 is 1.06 bits per heavy atom. The van der Waals surface area contributed by atoms with Crippen LogP contribution in [0.5, 0.6) is 6.01 Å². The second-order valence-corrected chi connectivity index (χ2v) is 13.5. The van der Waals surface area contributed by atoms with Gasteiger partial charge in [-0.15, -0.1) is 0 Å². The minimum absolute atomic E-state index is 0.130. The highest BCUT2D eigenvalue weighted by atomic mass is 16.5. The van der Waals surface area contributed by atoms with Gasteiger partial charge in [0.25, 0.3) is 6.47 Å². The SMILES string of the molecule is CN1CCCC1COc1nc2c(c(N3CCN(C(=O)CCC4CC4)C(CC#N)C3)n1)CCC(c1cccc3ccccc13)C2.O=CO. The van der Waals surface area contributed by atoms with Crippen LogP contribution in [0.4, 0.5) is 5.82 Å². The van der Waals surface area contributed by atoms with Crippen LogP contribution in [0.2, 0.25) is 0 Å². The molecule has 0 spiro atoms. The number of likely N-dealkylation sites (tertiary alicyclic amines) is 1. The molecule has 10 heteroatoms. The zero-order valence-electron chi connectivity index (χ0n) is 27.4. The Balaban J connectivity index is 0.00000124. The second kappa shape index (κ2) is 15.1. The van der Waals surface area contributed by atoms with Crippen molar-refractivity contribution in [2.24, 2.45) is 5.92 Å². The molecule has 2 saturated heterocycles. The van der Waals surface area contributed by atoms with Crippen LogP contribution in [0.15, 0.2) is 42.5 Å². The van der Waals surface area contributed by atoms with Crippen LogP contribution in [0, 0.1) is 17.2 Å². The van der Waals surface area contributed by atoms with E-state index in [1.165, 1.54) is 41.2 Å². The number of nitriles is 1. The van der Waals surface area contributed by atoms with Gasteiger partial charge in [-0.25, -0.2) is 0 Å². The number of ether oxygens (including phenoxy) is 1. The summed E-state index contributed by atoms with van der Waals surface area (Å²) in [6.45, 7) is 3.38. The van der Waals surface area contributed by atoms with Gasteiger partial charge >= 0.3 is 6.01 Å². The van der Waals surface area contributed by atoms with Crippen molar-refractivity contribution in [3.8, 4) is 12.1 Å². The fourth-order valence-electron chi connectivity index (χ4n) is 7.67. The number of carbonyl (C=O) groups is 2. The molecule has 3 heterocycles. The summed E-state index contributed by atoms with van der Waals surface area (Å²) in [7, 11) is 2.16. The van der Waals surface area contributed by atoms with Crippen molar-refractivity contribution < 1.29 is 19.4 Å². The molecule has 1 amide bonds. The first-order valence-electron chi connectivity index (χ1n) is 17.2. The van der Waals surface area contributed by atoms with Gasteiger partial charge in [-0.1, -0.05) is 55.3 Å². The van der Waals surface area contributed by atoms with Crippen molar-refractivity contribution in [2.45, 2.75) is 82.2 Å². The average Bonchev–Trinajstić information content (AvgIpc) is 3.84. The number of hydrogen-bond acceptors (Lipinski definition) is 8. The highest BCUT2D eigenvalue weighted by Gasteiger charge is 2.35. The number of hydrogen-bond donors (Lipinski definition) is 1. The predicted molar refractivity (Wildman–Crippen MR) is 180 cm³/mol. The molecular weight excluding hydrogens is 592 g/mol. The Bertz CT molecular complexity index is 1600. The Morgan fingerprint density at radius 3 is 2.64 bits per heavy atom. The van der Waals surface area contributed by atoms with Crippen molar-refractivity contribution in [2.75, 3.05) is 44.7 Å². The lowest BCUT2D eigenvalue weighted by molar-refractivity contribution is -0.134. The van der Waals surface area contributed by atoms with Crippen LogP contribution >= 0.6 is 0 Å². The summed E-state index contributed by atoms with van der Waals surface area (Å²) in [4.78, 5) is 38.3. The van der Waals surface area contributed by atoms with Crippen LogP contribution in [0.3, 0.4) is 0 Å². The largest absolute Gasteiger partial charge is 0.483 e. The molecular formula is C37H46N6O4. The summed E-state index contributed by atoms with van der Waals surface area (Å²) < 4.78 is 6.36. The highest BCUT2D eigenvalue weighted by molar-refractivity contribution is 5.86. The van der Waals surface area contributed by atoms with Crippen molar-refractivity contribution in [1.82, 2.24) is 19.8 Å².